The third-order valence-electron chi connectivity index (χ3n) is 5.25. The maximum Gasteiger partial charge on any atom is 0.243 e. The van der Waals surface area contributed by atoms with E-state index in [0.717, 1.165) is 0 Å². The topological polar surface area (TPSA) is 40.6 Å². The van der Waals surface area contributed by atoms with Crippen molar-refractivity contribution in [2.45, 2.75) is 10.9 Å². The fourth-order valence-electron chi connectivity index (χ4n) is 3.83. The maximum atomic E-state index is 12.9. The van der Waals surface area contributed by atoms with E-state index in [4.69, 9.17) is 0 Å². The molecular formula is C23H24N2O2S. The highest BCUT2D eigenvalue weighted by atomic mass is 32.2. The molecule has 0 amide bonds. The van der Waals surface area contributed by atoms with Crippen LogP contribution in [0, 0.1) is 0 Å². The summed E-state index contributed by atoms with van der Waals surface area (Å²) in [6.07, 6.45) is 0. The van der Waals surface area contributed by atoms with Crippen molar-refractivity contribution in [3.63, 3.8) is 0 Å². The van der Waals surface area contributed by atoms with Crippen LogP contribution in [0.2, 0.25) is 0 Å². The summed E-state index contributed by atoms with van der Waals surface area (Å²) in [5, 5.41) is 0. The van der Waals surface area contributed by atoms with Gasteiger partial charge in [0.1, 0.15) is 0 Å². The summed E-state index contributed by atoms with van der Waals surface area (Å²) in [4.78, 5) is 2.74. The molecular weight excluding hydrogens is 368 g/mol. The van der Waals surface area contributed by atoms with Crippen LogP contribution >= 0.6 is 0 Å². The molecule has 1 aliphatic rings. The van der Waals surface area contributed by atoms with Crippen molar-refractivity contribution in [2.75, 3.05) is 26.2 Å². The zero-order valence-electron chi connectivity index (χ0n) is 15.7. The van der Waals surface area contributed by atoms with Crippen molar-refractivity contribution in [3.05, 3.63) is 102 Å². The van der Waals surface area contributed by atoms with Gasteiger partial charge in [-0.25, -0.2) is 8.42 Å². The Hall–Kier alpha value is -2.47. The van der Waals surface area contributed by atoms with Gasteiger partial charge in [0.25, 0.3) is 0 Å². The molecule has 3 aromatic rings. The van der Waals surface area contributed by atoms with E-state index >= 15 is 0 Å². The minimum absolute atomic E-state index is 0.129. The van der Waals surface area contributed by atoms with Crippen molar-refractivity contribution in [3.8, 4) is 0 Å². The number of hydrogen-bond acceptors (Lipinski definition) is 3. The summed E-state index contributed by atoms with van der Waals surface area (Å²) in [5.41, 5.74) is 2.46. The number of rotatable bonds is 5. The van der Waals surface area contributed by atoms with Gasteiger partial charge in [0.05, 0.1) is 10.9 Å². The summed E-state index contributed by atoms with van der Waals surface area (Å²) < 4.78 is 27.4. The molecule has 144 valence electrons. The van der Waals surface area contributed by atoms with E-state index < -0.39 is 10.0 Å². The lowest BCUT2D eigenvalue weighted by atomic mass is 9.96. The molecule has 0 N–H and O–H groups in total. The summed E-state index contributed by atoms with van der Waals surface area (Å²) in [7, 11) is -3.43. The minimum Gasteiger partial charge on any atom is -0.290 e. The minimum atomic E-state index is -3.43. The fourth-order valence-corrected chi connectivity index (χ4v) is 5.27. The molecule has 5 heteroatoms. The predicted molar refractivity (Wildman–Crippen MR) is 112 cm³/mol. The molecule has 0 saturated carbocycles. The number of benzene rings is 3. The molecule has 1 fully saturated rings. The predicted octanol–water partition coefficient (Wildman–Crippen LogP) is 3.78. The standard InChI is InChI=1S/C23H24N2O2S/c26-28(27,22-14-8-3-9-15-22)25-18-16-24(17-19-25)23(20-10-4-1-5-11-20)21-12-6-2-7-13-21/h1-15,23H,16-19H2. The third-order valence-corrected chi connectivity index (χ3v) is 7.16. The van der Waals surface area contributed by atoms with Gasteiger partial charge in [-0.3, -0.25) is 4.90 Å². The Bertz CT molecular complexity index is 945. The molecule has 0 aliphatic carbocycles. The molecule has 3 aromatic carbocycles. The largest absolute Gasteiger partial charge is 0.290 e. The van der Waals surface area contributed by atoms with Crippen molar-refractivity contribution in [1.82, 2.24) is 9.21 Å². The normalized spacial score (nSPS) is 16.3. The summed E-state index contributed by atoms with van der Waals surface area (Å²) in [5.74, 6) is 0. The van der Waals surface area contributed by atoms with Crippen LogP contribution in [0.25, 0.3) is 0 Å². The highest BCUT2D eigenvalue weighted by Gasteiger charge is 2.32. The molecule has 0 bridgehead atoms. The second kappa shape index (κ2) is 8.27. The Morgan fingerprint density at radius 1 is 0.607 bits per heavy atom. The quantitative estimate of drug-likeness (QED) is 0.663. The molecule has 0 atom stereocenters. The lowest BCUT2D eigenvalue weighted by Crippen LogP contribution is -2.49. The molecule has 1 aliphatic heterocycles. The number of hydrogen-bond donors (Lipinski definition) is 0. The first-order chi connectivity index (χ1) is 13.7. The van der Waals surface area contributed by atoms with E-state index in [1.807, 2.05) is 18.2 Å². The highest BCUT2D eigenvalue weighted by Crippen LogP contribution is 2.30. The van der Waals surface area contributed by atoms with Crippen LogP contribution in [0.4, 0.5) is 0 Å². The first-order valence-electron chi connectivity index (χ1n) is 9.55. The van der Waals surface area contributed by atoms with Gasteiger partial charge in [0.15, 0.2) is 0 Å². The monoisotopic (exact) mass is 392 g/mol. The molecule has 1 heterocycles. The zero-order valence-corrected chi connectivity index (χ0v) is 16.5. The van der Waals surface area contributed by atoms with Gasteiger partial charge in [0.2, 0.25) is 10.0 Å². The van der Waals surface area contributed by atoms with Crippen LogP contribution in [-0.4, -0.2) is 43.8 Å². The first kappa shape index (κ1) is 18.9. The maximum absolute atomic E-state index is 12.9. The number of sulfonamides is 1. The van der Waals surface area contributed by atoms with Gasteiger partial charge in [-0.1, -0.05) is 78.9 Å². The summed E-state index contributed by atoms with van der Waals surface area (Å²) >= 11 is 0. The van der Waals surface area contributed by atoms with Gasteiger partial charge in [0, 0.05) is 26.2 Å². The summed E-state index contributed by atoms with van der Waals surface area (Å²) in [6.45, 7) is 2.38. The average Bonchev–Trinajstić information content (AvgIpc) is 2.76. The van der Waals surface area contributed by atoms with Crippen molar-refractivity contribution >= 4 is 10.0 Å². The Kier molecular flexibility index (Phi) is 5.57. The van der Waals surface area contributed by atoms with Crippen LogP contribution in [0.3, 0.4) is 0 Å². The smallest absolute Gasteiger partial charge is 0.243 e. The lowest BCUT2D eigenvalue weighted by molar-refractivity contribution is 0.156. The molecule has 0 aromatic heterocycles. The second-order valence-corrected chi connectivity index (χ2v) is 8.91. The Labute approximate surface area is 167 Å². The molecule has 28 heavy (non-hydrogen) atoms. The van der Waals surface area contributed by atoms with Crippen molar-refractivity contribution in [2.24, 2.45) is 0 Å². The molecule has 4 nitrogen and oxygen atoms in total. The summed E-state index contributed by atoms with van der Waals surface area (Å²) in [6, 6.07) is 29.7. The van der Waals surface area contributed by atoms with Crippen molar-refractivity contribution < 1.29 is 8.42 Å². The van der Waals surface area contributed by atoms with Crippen LogP contribution < -0.4 is 0 Å². The van der Waals surface area contributed by atoms with Gasteiger partial charge in [-0.15, -0.1) is 0 Å². The number of nitrogens with zero attached hydrogens (tertiary/aromatic N) is 2. The van der Waals surface area contributed by atoms with Crippen LogP contribution in [-0.2, 0) is 10.0 Å². The first-order valence-corrected chi connectivity index (χ1v) is 11.0. The van der Waals surface area contributed by atoms with E-state index in [0.29, 0.717) is 31.1 Å². The number of piperazine rings is 1. The van der Waals surface area contributed by atoms with E-state index in [2.05, 4.69) is 53.4 Å². The average molecular weight is 393 g/mol. The lowest BCUT2D eigenvalue weighted by Gasteiger charge is -2.39. The van der Waals surface area contributed by atoms with Gasteiger partial charge in [-0.2, -0.15) is 4.31 Å². The van der Waals surface area contributed by atoms with E-state index in [9.17, 15) is 8.42 Å². The van der Waals surface area contributed by atoms with Crippen LogP contribution in [0.1, 0.15) is 17.2 Å². The van der Waals surface area contributed by atoms with Gasteiger partial charge >= 0.3 is 0 Å². The zero-order chi connectivity index (χ0) is 19.4. The molecule has 4 rings (SSSR count). The van der Waals surface area contributed by atoms with Crippen molar-refractivity contribution in [1.29, 1.82) is 0 Å². The van der Waals surface area contributed by atoms with Gasteiger partial charge < -0.3 is 0 Å². The molecule has 0 radical (unpaired) electrons. The van der Waals surface area contributed by atoms with Crippen LogP contribution in [0.15, 0.2) is 95.9 Å². The molecule has 0 unspecified atom stereocenters. The SMILES string of the molecule is O=S(=O)(c1ccccc1)N1CCN(C(c2ccccc2)c2ccccc2)CC1. The third kappa shape index (κ3) is 3.87. The van der Waals surface area contributed by atoms with Crippen LogP contribution in [0.5, 0.6) is 0 Å². The Morgan fingerprint density at radius 3 is 1.50 bits per heavy atom. The second-order valence-electron chi connectivity index (χ2n) is 6.98. The Morgan fingerprint density at radius 2 is 1.04 bits per heavy atom. The molecule has 1 saturated heterocycles. The highest BCUT2D eigenvalue weighted by molar-refractivity contribution is 7.89. The van der Waals surface area contributed by atoms with E-state index in [-0.39, 0.29) is 6.04 Å². The Balaban J connectivity index is 1.56. The molecule has 0 spiro atoms. The fraction of sp³-hybridized carbons (Fsp3) is 0.217. The van der Waals surface area contributed by atoms with E-state index in [1.54, 1.807) is 28.6 Å². The van der Waals surface area contributed by atoms with E-state index in [1.165, 1.54) is 11.1 Å². The van der Waals surface area contributed by atoms with Gasteiger partial charge in [-0.05, 0) is 23.3 Å².